The first kappa shape index (κ1) is 15.3. The Morgan fingerprint density at radius 1 is 1.00 bits per heavy atom. The normalized spacial score (nSPS) is 12.5. The summed E-state index contributed by atoms with van der Waals surface area (Å²) < 4.78 is 10.9. The van der Waals surface area contributed by atoms with Crippen molar-refractivity contribution in [1.29, 1.82) is 0 Å². The summed E-state index contributed by atoms with van der Waals surface area (Å²) in [6, 6.07) is 8.48. The molecule has 4 rings (SSSR count). The summed E-state index contributed by atoms with van der Waals surface area (Å²) in [4.78, 5) is 16.1. The van der Waals surface area contributed by atoms with Crippen molar-refractivity contribution < 1.29 is 14.3 Å². The quantitative estimate of drug-likeness (QED) is 0.749. The van der Waals surface area contributed by atoms with Crippen LogP contribution in [-0.2, 0) is 0 Å². The molecule has 0 aliphatic carbocycles. The Bertz CT molecular complexity index is 900. The highest BCUT2D eigenvalue weighted by molar-refractivity contribution is 7.18. The number of rotatable bonds is 3. The van der Waals surface area contributed by atoms with E-state index in [0.29, 0.717) is 40.5 Å². The predicted octanol–water partition coefficient (Wildman–Crippen LogP) is 3.02. The van der Waals surface area contributed by atoms with Gasteiger partial charge in [0.15, 0.2) is 11.5 Å². The molecule has 0 fully saturated rings. The Kier molecular flexibility index (Phi) is 4.13. The summed E-state index contributed by atoms with van der Waals surface area (Å²) in [5.41, 5.74) is 1.49. The molecule has 1 aliphatic heterocycles. The van der Waals surface area contributed by atoms with Gasteiger partial charge in [-0.25, -0.2) is 4.79 Å². The fraction of sp³-hybridized carbons (Fsp3) is 0.125. The molecular weight excluding hydrogens is 342 g/mol. The number of urea groups is 1. The molecule has 2 N–H and O–H groups in total. The number of hydrogen-bond acceptors (Lipinski definition) is 7. The van der Waals surface area contributed by atoms with Crippen LogP contribution in [-0.4, -0.2) is 34.4 Å². The number of aromatic nitrogens is 3. The summed E-state index contributed by atoms with van der Waals surface area (Å²) in [5, 5.41) is 14.6. The van der Waals surface area contributed by atoms with Crippen molar-refractivity contribution in [2.45, 2.75) is 0 Å². The molecule has 1 aromatic carbocycles. The fourth-order valence-corrected chi connectivity index (χ4v) is 3.01. The third-order valence-electron chi connectivity index (χ3n) is 3.37. The van der Waals surface area contributed by atoms with Crippen LogP contribution >= 0.6 is 11.3 Å². The van der Waals surface area contributed by atoms with Crippen LogP contribution < -0.4 is 20.1 Å². The second kappa shape index (κ2) is 6.73. The SMILES string of the molecule is O=C(Nc1ccc2c(c1)OCCO2)Nc1nnc(-c2ccncc2)s1. The summed E-state index contributed by atoms with van der Waals surface area (Å²) in [6.07, 6.45) is 3.36. The number of carbonyl (C=O) groups is 1. The molecule has 9 heteroatoms. The molecule has 2 aromatic heterocycles. The van der Waals surface area contributed by atoms with Gasteiger partial charge in [0.2, 0.25) is 5.13 Å². The van der Waals surface area contributed by atoms with Gasteiger partial charge in [-0.2, -0.15) is 0 Å². The number of hydrogen-bond donors (Lipinski definition) is 2. The second-order valence-corrected chi connectivity index (χ2v) is 6.06. The average Bonchev–Trinajstić information content (AvgIpc) is 3.10. The first-order valence-electron chi connectivity index (χ1n) is 7.49. The standard InChI is InChI=1S/C16H13N5O3S/c22-15(18-11-1-2-12-13(9-11)24-8-7-23-12)19-16-21-20-14(25-16)10-3-5-17-6-4-10/h1-6,9H,7-8H2,(H2,18,19,21,22). The molecule has 0 atom stereocenters. The van der Waals surface area contributed by atoms with Crippen molar-refractivity contribution in [3.63, 3.8) is 0 Å². The molecular formula is C16H13N5O3S. The van der Waals surface area contributed by atoms with Crippen molar-refractivity contribution >= 4 is 28.2 Å². The molecule has 0 radical (unpaired) electrons. The third-order valence-corrected chi connectivity index (χ3v) is 4.26. The molecule has 0 spiro atoms. The van der Waals surface area contributed by atoms with E-state index in [4.69, 9.17) is 9.47 Å². The molecule has 25 heavy (non-hydrogen) atoms. The molecule has 0 unspecified atom stereocenters. The molecule has 8 nitrogen and oxygen atoms in total. The Labute approximate surface area is 146 Å². The highest BCUT2D eigenvalue weighted by Crippen LogP contribution is 2.32. The monoisotopic (exact) mass is 355 g/mol. The zero-order valence-electron chi connectivity index (χ0n) is 12.9. The van der Waals surface area contributed by atoms with Gasteiger partial charge in [-0.1, -0.05) is 11.3 Å². The fourth-order valence-electron chi connectivity index (χ4n) is 2.27. The lowest BCUT2D eigenvalue weighted by Crippen LogP contribution is -2.20. The average molecular weight is 355 g/mol. The smallest absolute Gasteiger partial charge is 0.325 e. The van der Waals surface area contributed by atoms with Crippen molar-refractivity contribution in [2.75, 3.05) is 23.8 Å². The Balaban J connectivity index is 1.42. The maximum absolute atomic E-state index is 12.1. The Morgan fingerprint density at radius 2 is 1.80 bits per heavy atom. The maximum atomic E-state index is 12.1. The van der Waals surface area contributed by atoms with Crippen LogP contribution in [0.1, 0.15) is 0 Å². The van der Waals surface area contributed by atoms with Gasteiger partial charge < -0.3 is 14.8 Å². The van der Waals surface area contributed by atoms with Crippen molar-refractivity contribution in [3.8, 4) is 22.1 Å². The summed E-state index contributed by atoms with van der Waals surface area (Å²) in [5.74, 6) is 1.28. The second-order valence-electron chi connectivity index (χ2n) is 5.09. The predicted molar refractivity (Wildman–Crippen MR) is 93.2 cm³/mol. The van der Waals surface area contributed by atoms with Gasteiger partial charge in [-0.05, 0) is 24.3 Å². The van der Waals surface area contributed by atoms with Crippen LogP contribution in [0.25, 0.3) is 10.6 Å². The van der Waals surface area contributed by atoms with Gasteiger partial charge in [-0.3, -0.25) is 10.3 Å². The van der Waals surface area contributed by atoms with E-state index >= 15 is 0 Å². The maximum Gasteiger partial charge on any atom is 0.325 e. The van der Waals surface area contributed by atoms with Gasteiger partial charge in [0.1, 0.15) is 18.2 Å². The van der Waals surface area contributed by atoms with Crippen LogP contribution in [0.3, 0.4) is 0 Å². The van der Waals surface area contributed by atoms with E-state index in [-0.39, 0.29) is 0 Å². The lowest BCUT2D eigenvalue weighted by Gasteiger charge is -2.18. The minimum absolute atomic E-state index is 0.404. The summed E-state index contributed by atoms with van der Waals surface area (Å²) in [7, 11) is 0. The number of benzene rings is 1. The molecule has 3 heterocycles. The van der Waals surface area contributed by atoms with E-state index in [1.165, 1.54) is 11.3 Å². The van der Waals surface area contributed by atoms with Gasteiger partial charge in [0, 0.05) is 29.7 Å². The van der Waals surface area contributed by atoms with Gasteiger partial charge in [-0.15, -0.1) is 10.2 Å². The number of nitrogens with zero attached hydrogens (tertiary/aromatic N) is 3. The minimum atomic E-state index is -0.408. The third kappa shape index (κ3) is 3.50. The van der Waals surface area contributed by atoms with Gasteiger partial charge in [0.25, 0.3) is 0 Å². The number of amides is 2. The number of carbonyl (C=O) groups excluding carboxylic acids is 1. The highest BCUT2D eigenvalue weighted by Gasteiger charge is 2.14. The largest absolute Gasteiger partial charge is 0.486 e. The number of pyridine rings is 1. The molecule has 0 saturated carbocycles. The van der Waals surface area contributed by atoms with E-state index in [0.717, 1.165) is 5.56 Å². The van der Waals surface area contributed by atoms with Crippen molar-refractivity contribution in [3.05, 3.63) is 42.7 Å². The zero-order chi connectivity index (χ0) is 17.1. The topological polar surface area (TPSA) is 98.3 Å². The van der Waals surface area contributed by atoms with Gasteiger partial charge >= 0.3 is 6.03 Å². The summed E-state index contributed by atoms with van der Waals surface area (Å²) in [6.45, 7) is 1.02. The molecule has 1 aliphatic rings. The van der Waals surface area contributed by atoms with Crippen molar-refractivity contribution in [1.82, 2.24) is 15.2 Å². The molecule has 3 aromatic rings. The van der Waals surface area contributed by atoms with Crippen molar-refractivity contribution in [2.24, 2.45) is 0 Å². The molecule has 126 valence electrons. The lowest BCUT2D eigenvalue weighted by atomic mass is 10.2. The molecule has 0 bridgehead atoms. The van der Waals surface area contributed by atoms with E-state index in [2.05, 4.69) is 25.8 Å². The van der Waals surface area contributed by atoms with E-state index in [1.54, 1.807) is 30.6 Å². The number of anilines is 2. The van der Waals surface area contributed by atoms with Crippen LogP contribution in [0.4, 0.5) is 15.6 Å². The highest BCUT2D eigenvalue weighted by atomic mass is 32.1. The Hall–Kier alpha value is -3.20. The van der Waals surface area contributed by atoms with E-state index in [9.17, 15) is 4.79 Å². The first-order chi connectivity index (χ1) is 12.3. The Morgan fingerprint density at radius 3 is 2.64 bits per heavy atom. The number of nitrogens with one attached hydrogen (secondary N) is 2. The number of ether oxygens (including phenoxy) is 2. The molecule has 2 amide bonds. The van der Waals surface area contributed by atoms with E-state index < -0.39 is 6.03 Å². The van der Waals surface area contributed by atoms with E-state index in [1.807, 2.05) is 12.1 Å². The minimum Gasteiger partial charge on any atom is -0.486 e. The zero-order valence-corrected chi connectivity index (χ0v) is 13.7. The first-order valence-corrected chi connectivity index (χ1v) is 8.31. The van der Waals surface area contributed by atoms with Crippen LogP contribution in [0, 0.1) is 0 Å². The number of fused-ring (bicyclic) bond motifs is 1. The molecule has 0 saturated heterocycles. The van der Waals surface area contributed by atoms with Gasteiger partial charge in [0.05, 0.1) is 0 Å². The summed E-state index contributed by atoms with van der Waals surface area (Å²) >= 11 is 1.28. The van der Waals surface area contributed by atoms with Crippen LogP contribution in [0.15, 0.2) is 42.7 Å². The van der Waals surface area contributed by atoms with Crippen LogP contribution in [0.2, 0.25) is 0 Å². The lowest BCUT2D eigenvalue weighted by molar-refractivity contribution is 0.171. The van der Waals surface area contributed by atoms with Crippen LogP contribution in [0.5, 0.6) is 11.5 Å².